The number of esters is 1. The number of halogens is 1. The molecule has 30 heavy (non-hydrogen) atoms. The van der Waals surface area contributed by atoms with Gasteiger partial charge in [0.25, 0.3) is 0 Å². The predicted octanol–water partition coefficient (Wildman–Crippen LogP) is 3.08. The molecule has 0 bridgehead atoms. The van der Waals surface area contributed by atoms with E-state index in [0.717, 1.165) is 31.7 Å². The van der Waals surface area contributed by atoms with E-state index in [1.54, 1.807) is 12.1 Å². The first kappa shape index (κ1) is 22.2. The molecule has 0 atom stereocenters. The molecule has 1 aliphatic rings. The first-order valence-corrected chi connectivity index (χ1v) is 10.3. The summed E-state index contributed by atoms with van der Waals surface area (Å²) in [6.45, 7) is 7.12. The molecular weight excluding hydrogens is 406 g/mol. The van der Waals surface area contributed by atoms with Crippen LogP contribution in [0.25, 0.3) is 0 Å². The van der Waals surface area contributed by atoms with Crippen LogP contribution in [0.3, 0.4) is 0 Å². The zero-order chi connectivity index (χ0) is 21.7. The smallest absolute Gasteiger partial charge is 0.341 e. The third kappa shape index (κ3) is 5.78. The number of phenols is 2. The van der Waals surface area contributed by atoms with Crippen LogP contribution in [0, 0.1) is 6.92 Å². The van der Waals surface area contributed by atoms with Gasteiger partial charge >= 0.3 is 5.97 Å². The van der Waals surface area contributed by atoms with Gasteiger partial charge in [0.1, 0.15) is 23.7 Å². The number of hydrogen-bond acceptors (Lipinski definition) is 7. The van der Waals surface area contributed by atoms with Crippen molar-refractivity contribution in [3.05, 3.63) is 52.0 Å². The molecule has 2 aromatic carbocycles. The number of carbonyl (C=O) groups is 1. The van der Waals surface area contributed by atoms with Crippen LogP contribution < -0.4 is 5.32 Å². The molecule has 8 heteroatoms. The minimum absolute atomic E-state index is 0.0273. The second-order valence-corrected chi connectivity index (χ2v) is 8.03. The van der Waals surface area contributed by atoms with Crippen LogP contribution in [0.1, 0.15) is 21.5 Å². The fourth-order valence-corrected chi connectivity index (χ4v) is 3.66. The molecule has 1 saturated heterocycles. The van der Waals surface area contributed by atoms with Gasteiger partial charge in [-0.15, -0.1) is 0 Å². The Bertz CT molecular complexity index is 898. The third-order valence-corrected chi connectivity index (χ3v) is 5.51. The fourth-order valence-electron chi connectivity index (χ4n) is 3.37. The third-order valence-electron chi connectivity index (χ3n) is 5.22. The van der Waals surface area contributed by atoms with Gasteiger partial charge in [-0.2, -0.15) is 0 Å². The highest BCUT2D eigenvalue weighted by molar-refractivity contribution is 6.32. The van der Waals surface area contributed by atoms with E-state index in [-0.39, 0.29) is 23.7 Å². The zero-order valence-corrected chi connectivity index (χ0v) is 18.1. The molecule has 7 nitrogen and oxygen atoms in total. The van der Waals surface area contributed by atoms with Gasteiger partial charge < -0.3 is 25.2 Å². The van der Waals surface area contributed by atoms with Gasteiger partial charge in [-0.05, 0) is 37.7 Å². The topological polar surface area (TPSA) is 85.3 Å². The Balaban J connectivity index is 1.52. The number of aromatic hydroxyl groups is 2. The Morgan fingerprint density at radius 3 is 2.60 bits per heavy atom. The maximum absolute atomic E-state index is 12.3. The highest BCUT2D eigenvalue weighted by atomic mass is 35.5. The van der Waals surface area contributed by atoms with Crippen molar-refractivity contribution in [2.75, 3.05) is 51.7 Å². The standard InChI is InChI=1S/C22H28ClN3O4/c1-15-11-16(21(28)19(23)12-15)14-24-17-3-4-18(20(27)13-17)22(29)30-10-9-26-7-5-25(2)6-8-26/h3-4,11-13,24,27-28H,5-10,14H2,1-2H3. The lowest BCUT2D eigenvalue weighted by Gasteiger charge is -2.32. The summed E-state index contributed by atoms with van der Waals surface area (Å²) < 4.78 is 5.33. The Kier molecular flexibility index (Phi) is 7.42. The zero-order valence-electron chi connectivity index (χ0n) is 17.3. The number of nitrogens with zero attached hydrogens (tertiary/aromatic N) is 2. The monoisotopic (exact) mass is 433 g/mol. The Hall–Kier alpha value is -2.48. The van der Waals surface area contributed by atoms with Crippen LogP contribution in [0.2, 0.25) is 5.02 Å². The maximum atomic E-state index is 12.3. The van der Waals surface area contributed by atoms with Gasteiger partial charge in [-0.1, -0.05) is 17.7 Å². The van der Waals surface area contributed by atoms with E-state index in [4.69, 9.17) is 16.3 Å². The normalized spacial score (nSPS) is 15.2. The Morgan fingerprint density at radius 1 is 1.17 bits per heavy atom. The van der Waals surface area contributed by atoms with Crippen molar-refractivity contribution in [2.45, 2.75) is 13.5 Å². The minimum atomic E-state index is -0.545. The average Bonchev–Trinajstić information content (AvgIpc) is 2.71. The lowest BCUT2D eigenvalue weighted by atomic mass is 10.1. The number of aryl methyl sites for hydroxylation is 1. The molecule has 0 aromatic heterocycles. The molecule has 0 aliphatic carbocycles. The summed E-state index contributed by atoms with van der Waals surface area (Å²) in [5.41, 5.74) is 2.32. The van der Waals surface area contributed by atoms with E-state index in [1.165, 1.54) is 12.1 Å². The first-order valence-electron chi connectivity index (χ1n) is 9.96. The molecule has 1 heterocycles. The van der Waals surface area contributed by atoms with E-state index in [2.05, 4.69) is 22.2 Å². The Morgan fingerprint density at radius 2 is 1.90 bits per heavy atom. The maximum Gasteiger partial charge on any atom is 0.341 e. The second kappa shape index (κ2) is 10.0. The number of carbonyl (C=O) groups excluding carboxylic acids is 1. The molecule has 1 fully saturated rings. The van der Waals surface area contributed by atoms with Crippen LogP contribution in [0.15, 0.2) is 30.3 Å². The summed E-state index contributed by atoms with van der Waals surface area (Å²) in [4.78, 5) is 16.8. The number of hydrogen-bond donors (Lipinski definition) is 3. The van der Waals surface area contributed by atoms with Gasteiger partial charge in [-0.3, -0.25) is 4.90 Å². The molecule has 0 radical (unpaired) electrons. The van der Waals surface area contributed by atoms with Crippen molar-refractivity contribution < 1.29 is 19.7 Å². The number of rotatable bonds is 7. The molecule has 0 unspecified atom stereocenters. The quantitative estimate of drug-likeness (QED) is 0.578. The van der Waals surface area contributed by atoms with Crippen molar-refractivity contribution in [3.63, 3.8) is 0 Å². The summed E-state index contributed by atoms with van der Waals surface area (Å²) in [5, 5.41) is 23.7. The fraction of sp³-hybridized carbons (Fsp3) is 0.409. The number of likely N-dealkylation sites (N-methyl/N-ethyl adjacent to an activating group) is 1. The van der Waals surface area contributed by atoms with E-state index >= 15 is 0 Å². The van der Waals surface area contributed by atoms with Gasteiger partial charge in [0.15, 0.2) is 0 Å². The second-order valence-electron chi connectivity index (χ2n) is 7.62. The predicted molar refractivity (Wildman–Crippen MR) is 118 cm³/mol. The van der Waals surface area contributed by atoms with Crippen LogP contribution in [0.4, 0.5) is 5.69 Å². The lowest BCUT2D eigenvalue weighted by molar-refractivity contribution is 0.0429. The summed E-state index contributed by atoms with van der Waals surface area (Å²) in [6.07, 6.45) is 0. The van der Waals surface area contributed by atoms with Gasteiger partial charge in [0.05, 0.1) is 5.02 Å². The summed E-state index contributed by atoms with van der Waals surface area (Å²) in [5.74, 6) is -0.674. The van der Waals surface area contributed by atoms with Crippen molar-refractivity contribution in [3.8, 4) is 11.5 Å². The van der Waals surface area contributed by atoms with E-state index in [0.29, 0.717) is 29.4 Å². The molecule has 2 aromatic rings. The van der Waals surface area contributed by atoms with Crippen LogP contribution >= 0.6 is 11.6 Å². The largest absolute Gasteiger partial charge is 0.507 e. The highest BCUT2D eigenvalue weighted by Gasteiger charge is 2.16. The number of benzene rings is 2. The molecule has 162 valence electrons. The Labute approximate surface area is 181 Å². The SMILES string of the molecule is Cc1cc(Cl)c(O)c(CNc2ccc(C(=O)OCCN3CCN(C)CC3)c(O)c2)c1. The number of nitrogens with one attached hydrogen (secondary N) is 1. The number of piperazine rings is 1. The summed E-state index contributed by atoms with van der Waals surface area (Å²) in [6, 6.07) is 8.20. The van der Waals surface area contributed by atoms with Crippen LogP contribution in [0.5, 0.6) is 11.5 Å². The molecule has 1 aliphatic heterocycles. The molecule has 0 spiro atoms. The summed E-state index contributed by atoms with van der Waals surface area (Å²) in [7, 11) is 2.09. The van der Waals surface area contributed by atoms with Crippen LogP contribution in [-0.2, 0) is 11.3 Å². The van der Waals surface area contributed by atoms with Gasteiger partial charge in [0.2, 0.25) is 0 Å². The minimum Gasteiger partial charge on any atom is -0.507 e. The molecule has 3 rings (SSSR count). The van der Waals surface area contributed by atoms with Crippen molar-refractivity contribution in [1.82, 2.24) is 9.80 Å². The van der Waals surface area contributed by atoms with E-state index < -0.39 is 5.97 Å². The molecule has 0 amide bonds. The number of anilines is 1. The average molecular weight is 434 g/mol. The van der Waals surface area contributed by atoms with Gasteiger partial charge in [-0.25, -0.2) is 4.79 Å². The molecular formula is C22H28ClN3O4. The van der Waals surface area contributed by atoms with Crippen molar-refractivity contribution in [2.24, 2.45) is 0 Å². The van der Waals surface area contributed by atoms with Crippen LogP contribution in [-0.4, -0.2) is 72.4 Å². The van der Waals surface area contributed by atoms with Gasteiger partial charge in [0, 0.05) is 56.6 Å². The highest BCUT2D eigenvalue weighted by Crippen LogP contribution is 2.30. The van der Waals surface area contributed by atoms with Crippen molar-refractivity contribution >= 4 is 23.3 Å². The summed E-state index contributed by atoms with van der Waals surface area (Å²) >= 11 is 6.01. The number of phenolic OH excluding ortho intramolecular Hbond substituents is 2. The van der Waals surface area contributed by atoms with Crippen molar-refractivity contribution in [1.29, 1.82) is 0 Å². The van der Waals surface area contributed by atoms with E-state index in [9.17, 15) is 15.0 Å². The molecule has 3 N–H and O–H groups in total. The number of ether oxygens (including phenoxy) is 1. The first-order chi connectivity index (χ1) is 14.3. The van der Waals surface area contributed by atoms with E-state index in [1.807, 2.05) is 13.0 Å². The molecule has 0 saturated carbocycles. The lowest BCUT2D eigenvalue weighted by Crippen LogP contribution is -2.45.